The molecule has 0 amide bonds. The second kappa shape index (κ2) is 11.1. The molecule has 2 aliphatic heterocycles. The van der Waals surface area contributed by atoms with Gasteiger partial charge < -0.3 is 19.4 Å². The van der Waals surface area contributed by atoms with E-state index in [4.69, 9.17) is 9.47 Å². The van der Waals surface area contributed by atoms with Crippen molar-refractivity contribution in [3.8, 4) is 5.75 Å². The van der Waals surface area contributed by atoms with Gasteiger partial charge >= 0.3 is 0 Å². The van der Waals surface area contributed by atoms with E-state index in [-0.39, 0.29) is 17.5 Å². The van der Waals surface area contributed by atoms with Gasteiger partial charge in [-0.1, -0.05) is 12.1 Å². The summed E-state index contributed by atoms with van der Waals surface area (Å²) in [7, 11) is 0. The van der Waals surface area contributed by atoms with Crippen molar-refractivity contribution in [2.24, 2.45) is 0 Å². The smallest absolute Gasteiger partial charge is 0.253 e. The molecule has 0 saturated carbocycles. The fraction of sp³-hybridized carbons (Fsp3) is 0.429. The molecular weight excluding hydrogens is 501 g/mol. The lowest BCUT2D eigenvalue weighted by atomic mass is 10.0. The van der Waals surface area contributed by atoms with Gasteiger partial charge in [-0.25, -0.2) is 9.07 Å². The van der Waals surface area contributed by atoms with E-state index in [1.807, 2.05) is 42.2 Å². The Hall–Kier alpha value is -3.83. The van der Waals surface area contributed by atoms with E-state index in [9.17, 15) is 9.18 Å². The number of hydrogen-bond acceptors (Lipinski definition) is 8. The van der Waals surface area contributed by atoms with Crippen LogP contribution < -0.4 is 15.2 Å². The summed E-state index contributed by atoms with van der Waals surface area (Å²) in [5.41, 5.74) is 1.68. The highest BCUT2D eigenvalue weighted by atomic mass is 19.1. The molecule has 2 aliphatic rings. The van der Waals surface area contributed by atoms with Crippen molar-refractivity contribution in [1.29, 1.82) is 0 Å². The summed E-state index contributed by atoms with van der Waals surface area (Å²) in [6.07, 6.45) is 1.99. The van der Waals surface area contributed by atoms with Crippen LogP contribution >= 0.6 is 0 Å². The molecule has 2 atom stereocenters. The molecule has 2 aromatic carbocycles. The van der Waals surface area contributed by atoms with Gasteiger partial charge in [0.2, 0.25) is 0 Å². The number of nitrogens with zero attached hydrogens (tertiary/aromatic N) is 6. The lowest BCUT2D eigenvalue weighted by Crippen LogP contribution is -2.49. The number of aromatic nitrogens is 5. The fourth-order valence-corrected chi connectivity index (χ4v) is 5.61. The second-order valence-corrected chi connectivity index (χ2v) is 9.97. The predicted octanol–water partition coefficient (Wildman–Crippen LogP) is 3.14. The van der Waals surface area contributed by atoms with E-state index in [0.717, 1.165) is 36.1 Å². The topological polar surface area (TPSA) is 101 Å². The third-order valence-corrected chi connectivity index (χ3v) is 7.53. The standard InChI is InChI=1S/C28H32FN7O3/c1-2-38-20-9-10-24-19(16-20)17-22(28(37)30-24)26(27-31-32-33-36(27)18-21-6-5-15-39-21)35-13-11-34(12-14-35)25-8-4-3-7-23(25)29/h3-4,7-10,16-17,21,26H,2,5-6,11-15,18H2,1H3,(H,30,37)/t21-,26+/m0/s1. The number of tetrazole rings is 1. The molecule has 39 heavy (non-hydrogen) atoms. The number of rotatable bonds is 8. The van der Waals surface area contributed by atoms with Crippen LogP contribution in [0.5, 0.6) is 5.75 Å². The third-order valence-electron chi connectivity index (χ3n) is 7.53. The molecule has 0 spiro atoms. The highest BCUT2D eigenvalue weighted by Gasteiger charge is 2.34. The molecule has 11 heteroatoms. The summed E-state index contributed by atoms with van der Waals surface area (Å²) in [6, 6.07) is 13.9. The van der Waals surface area contributed by atoms with Crippen LogP contribution in [0, 0.1) is 5.82 Å². The number of hydrogen-bond donors (Lipinski definition) is 1. The first-order valence-corrected chi connectivity index (χ1v) is 13.5. The maximum atomic E-state index is 14.5. The Morgan fingerprint density at radius 1 is 1.15 bits per heavy atom. The van der Waals surface area contributed by atoms with Crippen LogP contribution in [0.3, 0.4) is 0 Å². The largest absolute Gasteiger partial charge is 0.494 e. The number of anilines is 1. The minimum absolute atomic E-state index is 0.0365. The third kappa shape index (κ3) is 5.24. The molecule has 204 valence electrons. The van der Waals surface area contributed by atoms with Gasteiger partial charge in [0.15, 0.2) is 5.82 Å². The first kappa shape index (κ1) is 25.4. The number of nitrogens with one attached hydrogen (secondary N) is 1. The van der Waals surface area contributed by atoms with Crippen LogP contribution in [-0.2, 0) is 11.3 Å². The number of H-pyrrole nitrogens is 1. The number of pyridine rings is 1. The molecule has 4 heterocycles. The molecular formula is C28H32FN7O3. The Kier molecular flexibility index (Phi) is 7.25. The number of benzene rings is 2. The molecule has 0 aliphatic carbocycles. The molecule has 1 N–H and O–H groups in total. The lowest BCUT2D eigenvalue weighted by Gasteiger charge is -2.39. The maximum Gasteiger partial charge on any atom is 0.253 e. The van der Waals surface area contributed by atoms with Gasteiger partial charge in [0.05, 0.1) is 24.9 Å². The number of piperazine rings is 1. The van der Waals surface area contributed by atoms with E-state index in [0.29, 0.717) is 56.4 Å². The fourth-order valence-electron chi connectivity index (χ4n) is 5.61. The van der Waals surface area contributed by atoms with Crippen LogP contribution in [0.4, 0.5) is 10.1 Å². The Labute approximate surface area is 225 Å². The lowest BCUT2D eigenvalue weighted by molar-refractivity contribution is 0.0906. The van der Waals surface area contributed by atoms with Crippen LogP contribution in [0.1, 0.15) is 37.2 Å². The van der Waals surface area contributed by atoms with Crippen molar-refractivity contribution in [2.45, 2.75) is 38.5 Å². The van der Waals surface area contributed by atoms with Crippen molar-refractivity contribution >= 4 is 16.6 Å². The van der Waals surface area contributed by atoms with E-state index < -0.39 is 6.04 Å². The average Bonchev–Trinajstić information content (AvgIpc) is 3.63. The zero-order chi connectivity index (χ0) is 26.8. The van der Waals surface area contributed by atoms with Crippen LogP contribution in [-0.4, -0.2) is 75.6 Å². The van der Waals surface area contributed by atoms with Gasteiger partial charge in [-0.2, -0.15) is 0 Å². The molecule has 0 unspecified atom stereocenters. The van der Waals surface area contributed by atoms with Crippen LogP contribution in [0.25, 0.3) is 10.9 Å². The van der Waals surface area contributed by atoms with Gasteiger partial charge in [-0.05, 0) is 66.6 Å². The van der Waals surface area contributed by atoms with E-state index in [1.54, 1.807) is 16.8 Å². The summed E-state index contributed by atoms with van der Waals surface area (Å²) in [5, 5.41) is 13.6. The first-order valence-electron chi connectivity index (χ1n) is 13.5. The Morgan fingerprint density at radius 2 is 2.00 bits per heavy atom. The van der Waals surface area contributed by atoms with Crippen molar-refractivity contribution < 1.29 is 13.9 Å². The monoisotopic (exact) mass is 533 g/mol. The molecule has 2 aromatic heterocycles. The summed E-state index contributed by atoms with van der Waals surface area (Å²) in [5.74, 6) is 1.09. The molecule has 2 saturated heterocycles. The first-order chi connectivity index (χ1) is 19.1. The molecule has 10 nitrogen and oxygen atoms in total. The summed E-state index contributed by atoms with van der Waals surface area (Å²) >= 11 is 0. The van der Waals surface area contributed by atoms with Gasteiger partial charge in [0.1, 0.15) is 17.6 Å². The summed E-state index contributed by atoms with van der Waals surface area (Å²) < 4.78 is 27.8. The van der Waals surface area contributed by atoms with Crippen LogP contribution in [0.15, 0.2) is 53.3 Å². The Morgan fingerprint density at radius 3 is 2.77 bits per heavy atom. The number of halogens is 1. The summed E-state index contributed by atoms with van der Waals surface area (Å²) in [4.78, 5) is 20.8. The highest BCUT2D eigenvalue weighted by molar-refractivity contribution is 5.80. The van der Waals surface area contributed by atoms with Crippen LogP contribution in [0.2, 0.25) is 0 Å². The maximum absolute atomic E-state index is 14.5. The quantitative estimate of drug-likeness (QED) is 0.369. The van der Waals surface area contributed by atoms with E-state index in [1.165, 1.54) is 6.07 Å². The minimum atomic E-state index is -0.493. The zero-order valence-corrected chi connectivity index (χ0v) is 21.9. The molecule has 2 fully saturated rings. The number of para-hydroxylation sites is 1. The van der Waals surface area contributed by atoms with E-state index >= 15 is 0 Å². The molecule has 4 aromatic rings. The average molecular weight is 534 g/mol. The van der Waals surface area contributed by atoms with Crippen molar-refractivity contribution in [3.63, 3.8) is 0 Å². The predicted molar refractivity (Wildman–Crippen MR) is 145 cm³/mol. The normalized spacial score (nSPS) is 19.0. The van der Waals surface area contributed by atoms with Gasteiger partial charge in [-0.15, -0.1) is 5.10 Å². The SMILES string of the molecule is CCOc1ccc2[nH]c(=O)c([C@H](c3nnnn3C[C@@H]3CCCO3)N3CCN(c4ccccc4F)CC3)cc2c1. The van der Waals surface area contributed by atoms with Crippen molar-refractivity contribution in [2.75, 3.05) is 44.3 Å². The van der Waals surface area contributed by atoms with Gasteiger partial charge in [0, 0.05) is 49.3 Å². The van der Waals surface area contributed by atoms with Crippen molar-refractivity contribution in [1.82, 2.24) is 30.1 Å². The Balaban J connectivity index is 1.37. The zero-order valence-electron chi connectivity index (χ0n) is 21.9. The minimum Gasteiger partial charge on any atom is -0.494 e. The molecule has 6 rings (SSSR count). The highest BCUT2D eigenvalue weighted by Crippen LogP contribution is 2.30. The van der Waals surface area contributed by atoms with Gasteiger partial charge in [0.25, 0.3) is 5.56 Å². The number of ether oxygens (including phenoxy) is 2. The van der Waals surface area contributed by atoms with Gasteiger partial charge in [-0.3, -0.25) is 9.69 Å². The van der Waals surface area contributed by atoms with Crippen molar-refractivity contribution in [3.05, 3.63) is 76.1 Å². The second-order valence-electron chi connectivity index (χ2n) is 9.97. The number of fused-ring (bicyclic) bond motifs is 1. The Bertz CT molecular complexity index is 1490. The van der Waals surface area contributed by atoms with E-state index in [2.05, 4.69) is 25.4 Å². The number of aromatic amines is 1. The molecule has 0 bridgehead atoms. The summed E-state index contributed by atoms with van der Waals surface area (Å²) in [6.45, 7) is 6.14. The molecule has 0 radical (unpaired) electrons.